The van der Waals surface area contributed by atoms with Crippen LogP contribution in [0.25, 0.3) is 11.1 Å². The van der Waals surface area contributed by atoms with Gasteiger partial charge >= 0.3 is 0 Å². The lowest BCUT2D eigenvalue weighted by atomic mass is 9.95. The summed E-state index contributed by atoms with van der Waals surface area (Å²) in [7, 11) is 1.69. The van der Waals surface area contributed by atoms with E-state index in [0.717, 1.165) is 16.8 Å². The third-order valence-corrected chi connectivity index (χ3v) is 5.23. The van der Waals surface area contributed by atoms with Crippen LogP contribution in [-0.4, -0.2) is 44.5 Å². The number of carbonyl (C=O) groups excluding carboxylic acids is 3. The molecule has 158 valence electrons. The first-order valence-electron chi connectivity index (χ1n) is 10.1. The van der Waals surface area contributed by atoms with Crippen LogP contribution in [0.5, 0.6) is 0 Å². The number of carbonyl (C=O) groups is 3. The van der Waals surface area contributed by atoms with Crippen LogP contribution in [-0.2, 0) is 19.1 Å². The lowest BCUT2D eigenvalue weighted by Gasteiger charge is -2.24. The Hall–Kier alpha value is -3.19. The molecule has 7 nitrogen and oxygen atoms in total. The molecule has 0 aromatic heterocycles. The minimum absolute atomic E-state index is 0.260. The van der Waals surface area contributed by atoms with Gasteiger partial charge in [0.1, 0.15) is 12.0 Å². The summed E-state index contributed by atoms with van der Waals surface area (Å²) < 4.78 is 5.19. The number of nitrogens with one attached hydrogen (secondary N) is 2. The molecule has 30 heavy (non-hydrogen) atoms. The molecule has 2 aromatic rings. The van der Waals surface area contributed by atoms with E-state index in [1.165, 1.54) is 6.92 Å². The molecule has 2 atom stereocenters. The summed E-state index contributed by atoms with van der Waals surface area (Å²) in [5.74, 6) is -2.11. The van der Waals surface area contributed by atoms with E-state index in [1.54, 1.807) is 11.9 Å². The summed E-state index contributed by atoms with van der Waals surface area (Å²) in [6, 6.07) is 14.2. The summed E-state index contributed by atoms with van der Waals surface area (Å²) in [6.07, 6.45) is 0. The van der Waals surface area contributed by atoms with Crippen molar-refractivity contribution in [3.05, 3.63) is 54.1 Å². The Bertz CT molecular complexity index is 944. The van der Waals surface area contributed by atoms with E-state index >= 15 is 0 Å². The van der Waals surface area contributed by atoms with Gasteiger partial charge in [-0.05, 0) is 31.0 Å². The summed E-state index contributed by atoms with van der Waals surface area (Å²) >= 11 is 0. The lowest BCUT2D eigenvalue weighted by Crippen LogP contribution is -2.46. The fourth-order valence-electron chi connectivity index (χ4n) is 3.50. The van der Waals surface area contributed by atoms with Crippen molar-refractivity contribution in [3.8, 4) is 11.1 Å². The van der Waals surface area contributed by atoms with Crippen molar-refractivity contribution < 1.29 is 19.1 Å². The smallest absolute Gasteiger partial charge is 0.253 e. The Morgan fingerprint density at radius 1 is 1.07 bits per heavy atom. The number of hydrogen-bond acceptors (Lipinski definition) is 4. The summed E-state index contributed by atoms with van der Waals surface area (Å²) in [4.78, 5) is 39.9. The van der Waals surface area contributed by atoms with Gasteiger partial charge < -0.3 is 20.3 Å². The SMILES string of the molecule is CCOCCNC(=O)C(C)C(=O)NC1C(=O)N(C)c2ccccc2-c2ccccc21. The first kappa shape index (κ1) is 21.5. The largest absolute Gasteiger partial charge is 0.380 e. The molecule has 7 heteroatoms. The molecule has 0 saturated carbocycles. The van der Waals surface area contributed by atoms with Crippen molar-refractivity contribution in [3.63, 3.8) is 0 Å². The lowest BCUT2D eigenvalue weighted by molar-refractivity contribution is -0.136. The van der Waals surface area contributed by atoms with Crippen molar-refractivity contribution in [1.82, 2.24) is 10.6 Å². The standard InChI is InChI=1S/C23H27N3O4/c1-4-30-14-13-24-21(27)15(2)22(28)25-20-18-11-6-5-9-16(18)17-10-7-8-12-19(17)26(3)23(20)29/h5-12,15,20H,4,13-14H2,1-3H3,(H,24,27)(H,25,28). The molecule has 0 spiro atoms. The Balaban J connectivity index is 1.83. The molecule has 1 aliphatic rings. The van der Waals surface area contributed by atoms with Gasteiger partial charge in [0, 0.05) is 25.8 Å². The second-order valence-corrected chi connectivity index (χ2v) is 7.15. The van der Waals surface area contributed by atoms with E-state index in [9.17, 15) is 14.4 Å². The van der Waals surface area contributed by atoms with Crippen molar-refractivity contribution in [1.29, 1.82) is 0 Å². The fraction of sp³-hybridized carbons (Fsp3) is 0.348. The van der Waals surface area contributed by atoms with Gasteiger partial charge in [0.2, 0.25) is 11.8 Å². The highest BCUT2D eigenvalue weighted by Crippen LogP contribution is 2.39. The Morgan fingerprint density at radius 2 is 1.73 bits per heavy atom. The second-order valence-electron chi connectivity index (χ2n) is 7.15. The Kier molecular flexibility index (Phi) is 6.84. The topological polar surface area (TPSA) is 87.7 Å². The first-order valence-corrected chi connectivity index (χ1v) is 10.1. The van der Waals surface area contributed by atoms with Crippen LogP contribution in [0.4, 0.5) is 5.69 Å². The normalized spacial score (nSPS) is 16.2. The van der Waals surface area contributed by atoms with Crippen LogP contribution in [0.1, 0.15) is 25.5 Å². The van der Waals surface area contributed by atoms with Gasteiger partial charge in [-0.25, -0.2) is 0 Å². The van der Waals surface area contributed by atoms with Gasteiger partial charge in [0.05, 0.1) is 12.3 Å². The predicted octanol–water partition coefficient (Wildman–Crippen LogP) is 2.28. The van der Waals surface area contributed by atoms with E-state index in [1.807, 2.05) is 55.5 Å². The Morgan fingerprint density at radius 3 is 2.47 bits per heavy atom. The maximum absolute atomic E-state index is 13.2. The highest BCUT2D eigenvalue weighted by atomic mass is 16.5. The molecule has 0 bridgehead atoms. The molecule has 2 aromatic carbocycles. The van der Waals surface area contributed by atoms with E-state index in [4.69, 9.17) is 4.74 Å². The third kappa shape index (κ3) is 4.36. The first-order chi connectivity index (χ1) is 14.5. The molecule has 0 radical (unpaired) electrons. The number of rotatable bonds is 7. The molecule has 3 rings (SSSR count). The molecule has 1 aliphatic heterocycles. The molecular formula is C23H27N3O4. The van der Waals surface area contributed by atoms with Gasteiger partial charge in [-0.1, -0.05) is 42.5 Å². The van der Waals surface area contributed by atoms with E-state index < -0.39 is 23.8 Å². The molecule has 0 saturated heterocycles. The van der Waals surface area contributed by atoms with Crippen LogP contribution in [0.15, 0.2) is 48.5 Å². The van der Waals surface area contributed by atoms with Crippen LogP contribution in [0.3, 0.4) is 0 Å². The molecule has 0 fully saturated rings. The second kappa shape index (κ2) is 9.54. The number of likely N-dealkylation sites (N-methyl/N-ethyl adjacent to an activating group) is 1. The molecule has 1 heterocycles. The van der Waals surface area contributed by atoms with Crippen LogP contribution < -0.4 is 15.5 Å². The molecule has 3 amide bonds. The minimum atomic E-state index is -0.942. The summed E-state index contributed by atoms with van der Waals surface area (Å²) in [5, 5.41) is 5.47. The minimum Gasteiger partial charge on any atom is -0.380 e. The number of fused-ring (bicyclic) bond motifs is 3. The summed E-state index contributed by atoms with van der Waals surface area (Å²) in [6.45, 7) is 4.67. The zero-order chi connectivity index (χ0) is 21.7. The Labute approximate surface area is 176 Å². The fourth-order valence-corrected chi connectivity index (χ4v) is 3.50. The summed E-state index contributed by atoms with van der Waals surface area (Å²) in [5.41, 5.74) is 3.28. The van der Waals surface area contributed by atoms with Crippen molar-refractivity contribution in [2.75, 3.05) is 31.7 Å². The van der Waals surface area contributed by atoms with Crippen molar-refractivity contribution in [2.45, 2.75) is 19.9 Å². The zero-order valence-electron chi connectivity index (χ0n) is 17.5. The predicted molar refractivity (Wildman–Crippen MR) is 115 cm³/mol. The van der Waals surface area contributed by atoms with Gasteiger partial charge in [0.25, 0.3) is 5.91 Å². The number of anilines is 1. The van der Waals surface area contributed by atoms with Gasteiger partial charge in [-0.2, -0.15) is 0 Å². The number of para-hydroxylation sites is 1. The van der Waals surface area contributed by atoms with Gasteiger partial charge in [-0.3, -0.25) is 14.4 Å². The highest BCUT2D eigenvalue weighted by Gasteiger charge is 2.34. The third-order valence-electron chi connectivity index (χ3n) is 5.23. The maximum Gasteiger partial charge on any atom is 0.253 e. The monoisotopic (exact) mass is 409 g/mol. The molecule has 2 unspecified atom stereocenters. The number of benzene rings is 2. The average Bonchev–Trinajstić information content (AvgIpc) is 2.86. The molecule has 2 N–H and O–H groups in total. The van der Waals surface area contributed by atoms with Crippen LogP contribution in [0, 0.1) is 5.92 Å². The van der Waals surface area contributed by atoms with E-state index in [2.05, 4.69) is 10.6 Å². The number of nitrogens with zero attached hydrogens (tertiary/aromatic N) is 1. The van der Waals surface area contributed by atoms with Gasteiger partial charge in [-0.15, -0.1) is 0 Å². The number of hydrogen-bond donors (Lipinski definition) is 2. The molecular weight excluding hydrogens is 382 g/mol. The highest BCUT2D eigenvalue weighted by molar-refractivity contribution is 6.07. The number of amides is 3. The maximum atomic E-state index is 13.2. The average molecular weight is 409 g/mol. The zero-order valence-corrected chi connectivity index (χ0v) is 17.5. The van der Waals surface area contributed by atoms with Crippen molar-refractivity contribution >= 4 is 23.4 Å². The number of ether oxygens (including phenoxy) is 1. The van der Waals surface area contributed by atoms with Gasteiger partial charge in [0.15, 0.2) is 0 Å². The van der Waals surface area contributed by atoms with Crippen LogP contribution >= 0.6 is 0 Å². The van der Waals surface area contributed by atoms with Crippen LogP contribution in [0.2, 0.25) is 0 Å². The quantitative estimate of drug-likeness (QED) is 0.543. The van der Waals surface area contributed by atoms with E-state index in [-0.39, 0.29) is 5.91 Å². The van der Waals surface area contributed by atoms with E-state index in [0.29, 0.717) is 25.3 Å². The molecule has 0 aliphatic carbocycles. The van der Waals surface area contributed by atoms with Crippen molar-refractivity contribution in [2.24, 2.45) is 5.92 Å².